The molecule has 186 valence electrons. The molecule has 0 spiro atoms. The smallest absolute Gasteiger partial charge is 0.243 e. The lowest BCUT2D eigenvalue weighted by atomic mass is 10.1. The second kappa shape index (κ2) is 12.1. The zero-order chi connectivity index (χ0) is 25.5. The van der Waals surface area contributed by atoms with Gasteiger partial charge in [0.2, 0.25) is 21.8 Å². The molecule has 0 radical (unpaired) electrons. The van der Waals surface area contributed by atoms with Crippen LogP contribution in [0.3, 0.4) is 0 Å². The molecule has 0 fully saturated rings. The highest BCUT2D eigenvalue weighted by atomic mass is 32.2. The first-order valence-electron chi connectivity index (χ1n) is 11.4. The number of hydrogen-bond donors (Lipinski definition) is 1. The van der Waals surface area contributed by atoms with E-state index in [0.29, 0.717) is 12.0 Å². The Morgan fingerprint density at radius 1 is 1.00 bits per heavy atom. The van der Waals surface area contributed by atoms with Crippen molar-refractivity contribution in [1.29, 1.82) is 0 Å². The van der Waals surface area contributed by atoms with E-state index >= 15 is 0 Å². The van der Waals surface area contributed by atoms with Crippen LogP contribution in [0.15, 0.2) is 53.4 Å². The Hall–Kier alpha value is -2.78. The highest BCUT2D eigenvalue weighted by Gasteiger charge is 2.32. The standard InChI is InChI=1S/C25H34FN3O4S/c1-6-19(4)27-25(31)23(7-2)29(16-20-10-12-21(26)13-11-20)24(30)17-28(5)34(32,33)22-14-8-18(3)9-15-22/h8-15,19,23H,6-7,16-17H2,1-5H3,(H,27,31)/t19-,23-/m0/s1. The number of amides is 2. The van der Waals surface area contributed by atoms with Crippen molar-refractivity contribution in [2.75, 3.05) is 13.6 Å². The number of aryl methyl sites for hydroxylation is 1. The number of carbonyl (C=O) groups excluding carboxylic acids is 2. The fourth-order valence-corrected chi connectivity index (χ4v) is 4.52. The van der Waals surface area contributed by atoms with Gasteiger partial charge in [-0.1, -0.05) is 43.7 Å². The first-order valence-corrected chi connectivity index (χ1v) is 12.8. The van der Waals surface area contributed by atoms with Crippen LogP contribution in [-0.2, 0) is 26.2 Å². The maximum atomic E-state index is 13.4. The van der Waals surface area contributed by atoms with Crippen molar-refractivity contribution in [3.05, 3.63) is 65.5 Å². The topological polar surface area (TPSA) is 86.8 Å². The summed E-state index contributed by atoms with van der Waals surface area (Å²) in [5.41, 5.74) is 1.55. The van der Waals surface area contributed by atoms with E-state index in [-0.39, 0.29) is 23.4 Å². The zero-order valence-electron chi connectivity index (χ0n) is 20.4. The van der Waals surface area contributed by atoms with Crippen molar-refractivity contribution in [1.82, 2.24) is 14.5 Å². The summed E-state index contributed by atoms with van der Waals surface area (Å²) in [4.78, 5) is 27.8. The third-order valence-electron chi connectivity index (χ3n) is 5.74. The van der Waals surface area contributed by atoms with Gasteiger partial charge in [-0.2, -0.15) is 4.31 Å². The number of hydrogen-bond acceptors (Lipinski definition) is 4. The summed E-state index contributed by atoms with van der Waals surface area (Å²) in [6.45, 7) is 7.07. The van der Waals surface area contributed by atoms with E-state index in [0.717, 1.165) is 16.3 Å². The summed E-state index contributed by atoms with van der Waals surface area (Å²) in [6.07, 6.45) is 1.06. The van der Waals surface area contributed by atoms with Crippen LogP contribution < -0.4 is 5.32 Å². The summed E-state index contributed by atoms with van der Waals surface area (Å²) >= 11 is 0. The molecule has 1 N–H and O–H groups in total. The monoisotopic (exact) mass is 491 g/mol. The molecule has 0 saturated heterocycles. The van der Waals surface area contributed by atoms with Gasteiger partial charge in [0, 0.05) is 19.6 Å². The molecule has 0 bridgehead atoms. The minimum absolute atomic E-state index is 0.0456. The van der Waals surface area contributed by atoms with Crippen molar-refractivity contribution in [3.8, 4) is 0 Å². The Balaban J connectivity index is 2.32. The molecule has 9 heteroatoms. The minimum atomic E-state index is -3.90. The van der Waals surface area contributed by atoms with Gasteiger partial charge in [0.1, 0.15) is 11.9 Å². The van der Waals surface area contributed by atoms with Gasteiger partial charge < -0.3 is 10.2 Å². The maximum Gasteiger partial charge on any atom is 0.243 e. The predicted octanol–water partition coefficient (Wildman–Crippen LogP) is 3.48. The molecule has 0 aliphatic rings. The quantitative estimate of drug-likeness (QED) is 0.521. The first kappa shape index (κ1) is 27.5. The van der Waals surface area contributed by atoms with E-state index in [4.69, 9.17) is 0 Å². The van der Waals surface area contributed by atoms with E-state index in [2.05, 4.69) is 5.32 Å². The molecule has 34 heavy (non-hydrogen) atoms. The van der Waals surface area contributed by atoms with Crippen molar-refractivity contribution >= 4 is 21.8 Å². The van der Waals surface area contributed by atoms with Gasteiger partial charge in [-0.05, 0) is 56.5 Å². The highest BCUT2D eigenvalue weighted by molar-refractivity contribution is 7.89. The van der Waals surface area contributed by atoms with Gasteiger partial charge in [0.25, 0.3) is 0 Å². The normalized spacial score (nSPS) is 13.4. The van der Waals surface area contributed by atoms with Crippen LogP contribution in [0, 0.1) is 12.7 Å². The van der Waals surface area contributed by atoms with Gasteiger partial charge in [0.05, 0.1) is 11.4 Å². The van der Waals surface area contributed by atoms with Gasteiger partial charge >= 0.3 is 0 Å². The fraction of sp³-hybridized carbons (Fsp3) is 0.440. The van der Waals surface area contributed by atoms with Crippen molar-refractivity contribution < 1.29 is 22.4 Å². The minimum Gasteiger partial charge on any atom is -0.352 e. The second-order valence-electron chi connectivity index (χ2n) is 8.46. The van der Waals surface area contributed by atoms with Gasteiger partial charge in [-0.3, -0.25) is 9.59 Å². The first-order chi connectivity index (χ1) is 16.0. The van der Waals surface area contributed by atoms with E-state index in [1.807, 2.05) is 20.8 Å². The van der Waals surface area contributed by atoms with Crippen molar-refractivity contribution in [2.45, 2.75) is 64.1 Å². The maximum absolute atomic E-state index is 13.4. The number of rotatable bonds is 11. The molecular weight excluding hydrogens is 457 g/mol. The zero-order valence-corrected chi connectivity index (χ0v) is 21.2. The Kier molecular flexibility index (Phi) is 9.76. The Bertz CT molecular complexity index is 1070. The average molecular weight is 492 g/mol. The number of sulfonamides is 1. The van der Waals surface area contributed by atoms with Gasteiger partial charge in [-0.15, -0.1) is 0 Å². The largest absolute Gasteiger partial charge is 0.352 e. The third-order valence-corrected chi connectivity index (χ3v) is 7.56. The van der Waals surface area contributed by atoms with E-state index < -0.39 is 34.3 Å². The van der Waals surface area contributed by atoms with Crippen LogP contribution >= 0.6 is 0 Å². The van der Waals surface area contributed by atoms with E-state index in [1.54, 1.807) is 31.2 Å². The number of nitrogens with zero attached hydrogens (tertiary/aromatic N) is 2. The number of benzene rings is 2. The molecule has 2 aromatic rings. The van der Waals surface area contributed by atoms with Crippen LogP contribution in [0.25, 0.3) is 0 Å². The lowest BCUT2D eigenvalue weighted by Gasteiger charge is -2.32. The number of nitrogens with one attached hydrogen (secondary N) is 1. The van der Waals surface area contributed by atoms with Crippen LogP contribution in [0.2, 0.25) is 0 Å². The molecule has 0 aromatic heterocycles. The fourth-order valence-electron chi connectivity index (χ4n) is 3.40. The molecule has 0 aliphatic heterocycles. The van der Waals surface area contributed by atoms with Gasteiger partial charge in [-0.25, -0.2) is 12.8 Å². The highest BCUT2D eigenvalue weighted by Crippen LogP contribution is 2.18. The predicted molar refractivity (Wildman–Crippen MR) is 130 cm³/mol. The molecule has 2 atom stereocenters. The second-order valence-corrected chi connectivity index (χ2v) is 10.5. The van der Waals surface area contributed by atoms with Crippen LogP contribution in [0.1, 0.15) is 44.7 Å². The lowest BCUT2D eigenvalue weighted by molar-refractivity contribution is -0.141. The number of carbonyl (C=O) groups is 2. The molecule has 2 aromatic carbocycles. The van der Waals surface area contributed by atoms with E-state index in [1.165, 1.54) is 36.2 Å². The van der Waals surface area contributed by atoms with Crippen LogP contribution in [-0.4, -0.2) is 55.1 Å². The van der Waals surface area contributed by atoms with Crippen LogP contribution in [0.5, 0.6) is 0 Å². The molecule has 0 unspecified atom stereocenters. The SMILES string of the molecule is CC[C@H](C)NC(=O)[C@H](CC)N(Cc1ccc(F)cc1)C(=O)CN(C)S(=O)(=O)c1ccc(C)cc1. The summed E-state index contributed by atoms with van der Waals surface area (Å²) in [5, 5.41) is 2.90. The molecule has 2 rings (SSSR count). The van der Waals surface area contributed by atoms with Gasteiger partial charge in [0.15, 0.2) is 0 Å². The Morgan fingerprint density at radius 2 is 1.59 bits per heavy atom. The lowest BCUT2D eigenvalue weighted by Crippen LogP contribution is -2.53. The Labute approximate surface area is 202 Å². The molecule has 7 nitrogen and oxygen atoms in total. The van der Waals surface area contributed by atoms with Crippen LogP contribution in [0.4, 0.5) is 4.39 Å². The summed E-state index contributed by atoms with van der Waals surface area (Å²) in [7, 11) is -2.57. The summed E-state index contributed by atoms with van der Waals surface area (Å²) in [6, 6.07) is 11.1. The number of halogens is 1. The molecular formula is C25H34FN3O4S. The molecule has 0 aliphatic carbocycles. The summed E-state index contributed by atoms with van der Waals surface area (Å²) in [5.74, 6) is -1.24. The molecule has 0 heterocycles. The average Bonchev–Trinajstić information content (AvgIpc) is 2.80. The van der Waals surface area contributed by atoms with Crippen molar-refractivity contribution in [2.24, 2.45) is 0 Å². The number of likely N-dealkylation sites (N-methyl/N-ethyl adjacent to an activating group) is 1. The molecule has 2 amide bonds. The molecule has 0 saturated carbocycles. The third kappa shape index (κ3) is 7.11. The summed E-state index contributed by atoms with van der Waals surface area (Å²) < 4.78 is 40.4. The Morgan fingerprint density at radius 3 is 2.12 bits per heavy atom. The van der Waals surface area contributed by atoms with Crippen molar-refractivity contribution in [3.63, 3.8) is 0 Å². The van der Waals surface area contributed by atoms with E-state index in [9.17, 15) is 22.4 Å².